The maximum Gasteiger partial charge on any atom is 0.265 e. The van der Waals surface area contributed by atoms with E-state index >= 15 is 0 Å². The number of morpholine rings is 1. The zero-order valence-electron chi connectivity index (χ0n) is 17.6. The van der Waals surface area contributed by atoms with Gasteiger partial charge < -0.3 is 14.8 Å². The highest BCUT2D eigenvalue weighted by molar-refractivity contribution is 7.89. The van der Waals surface area contributed by atoms with E-state index in [0.29, 0.717) is 44.2 Å². The van der Waals surface area contributed by atoms with Gasteiger partial charge in [-0.3, -0.25) is 4.79 Å². The standard InChI is InChI=1S/C22H28N2O5S/c1-4-20(29-21-15-16(2)5-6-17(21)3)22(25)23-18-7-9-19(10-8-18)30(26,27)24-11-13-28-14-12-24/h5-10,15,20H,4,11-14H2,1-3H3,(H,23,25). The fourth-order valence-electron chi connectivity index (χ4n) is 3.18. The molecule has 30 heavy (non-hydrogen) atoms. The summed E-state index contributed by atoms with van der Waals surface area (Å²) in [5.74, 6) is 0.408. The van der Waals surface area contributed by atoms with Crippen molar-refractivity contribution in [1.29, 1.82) is 0 Å². The van der Waals surface area contributed by atoms with Crippen molar-refractivity contribution < 1.29 is 22.7 Å². The Hall–Kier alpha value is -2.42. The molecule has 0 radical (unpaired) electrons. The molecule has 7 nitrogen and oxygen atoms in total. The minimum Gasteiger partial charge on any atom is -0.480 e. The Morgan fingerprint density at radius 2 is 1.80 bits per heavy atom. The molecule has 1 heterocycles. The first-order valence-electron chi connectivity index (χ1n) is 10.0. The van der Waals surface area contributed by atoms with Crippen LogP contribution in [0, 0.1) is 13.8 Å². The summed E-state index contributed by atoms with van der Waals surface area (Å²) in [7, 11) is -3.56. The Balaban J connectivity index is 1.67. The van der Waals surface area contributed by atoms with Gasteiger partial charge in [-0.1, -0.05) is 19.1 Å². The minimum absolute atomic E-state index is 0.195. The van der Waals surface area contributed by atoms with Crippen molar-refractivity contribution >= 4 is 21.6 Å². The lowest BCUT2D eigenvalue weighted by Gasteiger charge is -2.26. The molecule has 8 heteroatoms. The van der Waals surface area contributed by atoms with E-state index in [9.17, 15) is 13.2 Å². The Labute approximate surface area is 178 Å². The van der Waals surface area contributed by atoms with Crippen molar-refractivity contribution in [1.82, 2.24) is 4.31 Å². The first kappa shape index (κ1) is 22.3. The van der Waals surface area contributed by atoms with E-state index in [1.165, 1.54) is 16.4 Å². The highest BCUT2D eigenvalue weighted by Gasteiger charge is 2.26. The normalized spacial score (nSPS) is 16.1. The molecule has 1 aliphatic heterocycles. The maximum atomic E-state index is 12.7. The summed E-state index contributed by atoms with van der Waals surface area (Å²) in [5, 5.41) is 2.81. The summed E-state index contributed by atoms with van der Waals surface area (Å²) in [5.41, 5.74) is 2.54. The van der Waals surface area contributed by atoms with Crippen molar-refractivity contribution in [3.05, 3.63) is 53.6 Å². The Morgan fingerprint density at radius 1 is 1.13 bits per heavy atom. The molecular formula is C22H28N2O5S. The van der Waals surface area contributed by atoms with Crippen LogP contribution in [0.25, 0.3) is 0 Å². The summed E-state index contributed by atoms with van der Waals surface area (Å²) in [4.78, 5) is 12.9. The monoisotopic (exact) mass is 432 g/mol. The van der Waals surface area contributed by atoms with Crippen LogP contribution in [0.2, 0.25) is 0 Å². The van der Waals surface area contributed by atoms with Gasteiger partial charge in [-0.15, -0.1) is 0 Å². The third-order valence-electron chi connectivity index (χ3n) is 5.01. The second-order valence-corrected chi connectivity index (χ2v) is 9.25. The first-order chi connectivity index (χ1) is 14.3. The van der Waals surface area contributed by atoms with Crippen LogP contribution in [0.5, 0.6) is 5.75 Å². The van der Waals surface area contributed by atoms with E-state index in [-0.39, 0.29) is 10.8 Å². The zero-order valence-corrected chi connectivity index (χ0v) is 18.4. The second kappa shape index (κ2) is 9.59. The Kier molecular flexibility index (Phi) is 7.12. The lowest BCUT2D eigenvalue weighted by molar-refractivity contribution is -0.122. The van der Waals surface area contributed by atoms with Gasteiger partial charge in [-0.25, -0.2) is 8.42 Å². The average molecular weight is 433 g/mol. The van der Waals surface area contributed by atoms with Gasteiger partial charge in [0.15, 0.2) is 6.10 Å². The van der Waals surface area contributed by atoms with Gasteiger partial charge in [-0.2, -0.15) is 4.31 Å². The molecule has 2 aromatic rings. The van der Waals surface area contributed by atoms with Crippen LogP contribution in [0.4, 0.5) is 5.69 Å². The summed E-state index contributed by atoms with van der Waals surface area (Å²) in [6.45, 7) is 7.27. The molecule has 1 amide bonds. The summed E-state index contributed by atoms with van der Waals surface area (Å²) >= 11 is 0. The van der Waals surface area contributed by atoms with Crippen molar-refractivity contribution in [3.63, 3.8) is 0 Å². The molecule has 2 aromatic carbocycles. The molecule has 1 fully saturated rings. The molecule has 0 aromatic heterocycles. The zero-order chi connectivity index (χ0) is 21.7. The number of carbonyl (C=O) groups is 1. The number of carbonyl (C=O) groups excluding carboxylic acids is 1. The number of benzene rings is 2. The van der Waals surface area contributed by atoms with Crippen LogP contribution in [0.3, 0.4) is 0 Å². The molecular weight excluding hydrogens is 404 g/mol. The van der Waals surface area contributed by atoms with Crippen molar-refractivity contribution in [2.75, 3.05) is 31.6 Å². The molecule has 0 aliphatic carbocycles. The fraction of sp³-hybridized carbons (Fsp3) is 0.409. The van der Waals surface area contributed by atoms with Gasteiger partial charge in [-0.05, 0) is 61.7 Å². The summed E-state index contributed by atoms with van der Waals surface area (Å²) < 4.78 is 38.0. The number of rotatable bonds is 7. The molecule has 1 aliphatic rings. The second-order valence-electron chi connectivity index (χ2n) is 7.31. The number of anilines is 1. The fourth-order valence-corrected chi connectivity index (χ4v) is 4.59. The number of nitrogens with zero attached hydrogens (tertiary/aromatic N) is 1. The molecule has 162 valence electrons. The molecule has 1 unspecified atom stereocenters. The summed E-state index contributed by atoms with van der Waals surface area (Å²) in [6.07, 6.45) is -0.148. The van der Waals surface area contributed by atoms with Gasteiger partial charge in [0, 0.05) is 18.8 Å². The number of hydrogen-bond donors (Lipinski definition) is 1. The SMILES string of the molecule is CCC(Oc1cc(C)ccc1C)C(=O)Nc1ccc(S(=O)(=O)N2CCOCC2)cc1. The third-order valence-corrected chi connectivity index (χ3v) is 6.92. The number of hydrogen-bond acceptors (Lipinski definition) is 5. The van der Waals surface area contributed by atoms with Gasteiger partial charge in [0.2, 0.25) is 10.0 Å². The van der Waals surface area contributed by atoms with Gasteiger partial charge in [0.25, 0.3) is 5.91 Å². The van der Waals surface area contributed by atoms with Crippen LogP contribution in [0.15, 0.2) is 47.4 Å². The highest BCUT2D eigenvalue weighted by Crippen LogP contribution is 2.23. The van der Waals surface area contributed by atoms with Crippen molar-refractivity contribution in [2.24, 2.45) is 0 Å². The largest absolute Gasteiger partial charge is 0.480 e. The summed E-state index contributed by atoms with van der Waals surface area (Å²) in [6, 6.07) is 12.1. The Morgan fingerprint density at radius 3 is 2.43 bits per heavy atom. The number of ether oxygens (including phenoxy) is 2. The van der Waals surface area contributed by atoms with Crippen LogP contribution in [-0.2, 0) is 19.6 Å². The van der Waals surface area contributed by atoms with Gasteiger partial charge in [0.05, 0.1) is 18.1 Å². The minimum atomic E-state index is -3.56. The average Bonchev–Trinajstić information content (AvgIpc) is 2.75. The van der Waals surface area contributed by atoms with E-state index < -0.39 is 16.1 Å². The number of amides is 1. The van der Waals surface area contributed by atoms with Crippen molar-refractivity contribution in [2.45, 2.75) is 38.2 Å². The van der Waals surface area contributed by atoms with E-state index in [4.69, 9.17) is 9.47 Å². The number of aryl methyl sites for hydroxylation is 2. The third kappa shape index (κ3) is 5.19. The molecule has 0 spiro atoms. The lowest BCUT2D eigenvalue weighted by Crippen LogP contribution is -2.40. The van der Waals surface area contributed by atoms with E-state index in [1.54, 1.807) is 12.1 Å². The predicted molar refractivity (Wildman–Crippen MR) is 115 cm³/mol. The van der Waals surface area contributed by atoms with E-state index in [1.807, 2.05) is 39.0 Å². The molecule has 1 saturated heterocycles. The smallest absolute Gasteiger partial charge is 0.265 e. The maximum absolute atomic E-state index is 12.7. The quantitative estimate of drug-likeness (QED) is 0.727. The molecule has 0 saturated carbocycles. The molecule has 0 bridgehead atoms. The van der Waals surface area contributed by atoms with Crippen LogP contribution < -0.4 is 10.1 Å². The predicted octanol–water partition coefficient (Wildman–Crippen LogP) is 3.12. The van der Waals surface area contributed by atoms with E-state index in [2.05, 4.69) is 5.32 Å². The number of sulfonamides is 1. The van der Waals surface area contributed by atoms with Gasteiger partial charge >= 0.3 is 0 Å². The highest BCUT2D eigenvalue weighted by atomic mass is 32.2. The van der Waals surface area contributed by atoms with Crippen LogP contribution in [-0.4, -0.2) is 51.0 Å². The van der Waals surface area contributed by atoms with Gasteiger partial charge in [0.1, 0.15) is 5.75 Å². The van der Waals surface area contributed by atoms with Crippen molar-refractivity contribution in [3.8, 4) is 5.75 Å². The molecule has 1 atom stereocenters. The topological polar surface area (TPSA) is 84.9 Å². The first-order valence-corrected chi connectivity index (χ1v) is 11.5. The van der Waals surface area contributed by atoms with Crippen LogP contribution >= 0.6 is 0 Å². The van der Waals surface area contributed by atoms with Crippen LogP contribution in [0.1, 0.15) is 24.5 Å². The molecule has 1 N–H and O–H groups in total. The number of nitrogens with one attached hydrogen (secondary N) is 1. The van der Waals surface area contributed by atoms with E-state index in [0.717, 1.165) is 11.1 Å². The Bertz CT molecular complexity index is 983. The molecule has 3 rings (SSSR count). The lowest BCUT2D eigenvalue weighted by atomic mass is 10.1.